The van der Waals surface area contributed by atoms with E-state index in [1.165, 1.54) is 12.8 Å². The van der Waals surface area contributed by atoms with Crippen molar-refractivity contribution in [3.8, 4) is 5.88 Å². The third kappa shape index (κ3) is 3.10. The van der Waals surface area contributed by atoms with Crippen LogP contribution >= 0.6 is 0 Å². The lowest BCUT2D eigenvalue weighted by Gasteiger charge is -2.29. The maximum atomic E-state index is 5.86. The summed E-state index contributed by atoms with van der Waals surface area (Å²) in [6.45, 7) is 5.46. The Labute approximate surface area is 108 Å². The van der Waals surface area contributed by atoms with Crippen LogP contribution in [0, 0.1) is 5.92 Å². The Morgan fingerprint density at radius 3 is 2.94 bits per heavy atom. The summed E-state index contributed by atoms with van der Waals surface area (Å²) in [5, 5.41) is 3.36. The first-order chi connectivity index (χ1) is 8.68. The van der Waals surface area contributed by atoms with Crippen LogP contribution in [0.1, 0.15) is 33.1 Å². The highest BCUT2D eigenvalue weighted by Gasteiger charge is 2.41. The summed E-state index contributed by atoms with van der Waals surface area (Å²) in [7, 11) is 0. The number of rotatable bonds is 7. The van der Waals surface area contributed by atoms with Gasteiger partial charge in [-0.05, 0) is 32.1 Å². The van der Waals surface area contributed by atoms with Crippen LogP contribution in [0.2, 0.25) is 0 Å². The van der Waals surface area contributed by atoms with Gasteiger partial charge in [-0.2, -0.15) is 4.98 Å². The molecular formula is C13H22N4O. The monoisotopic (exact) mass is 250 g/mol. The molecule has 0 aromatic carbocycles. The van der Waals surface area contributed by atoms with Crippen molar-refractivity contribution in [3.63, 3.8) is 0 Å². The highest BCUT2D eigenvalue weighted by molar-refractivity contribution is 5.33. The number of ether oxygens (including phenoxy) is 1. The molecule has 1 unspecified atom stereocenters. The Hall–Kier alpha value is -1.36. The van der Waals surface area contributed by atoms with E-state index in [1.807, 2.05) is 0 Å². The number of nitrogens with zero attached hydrogens (tertiary/aromatic N) is 2. The minimum Gasteiger partial charge on any atom is -0.478 e. The zero-order chi connectivity index (χ0) is 13.0. The normalized spacial score (nSPS) is 18.2. The largest absolute Gasteiger partial charge is 0.478 e. The fourth-order valence-electron chi connectivity index (χ4n) is 1.99. The quantitative estimate of drug-likeness (QED) is 0.772. The van der Waals surface area contributed by atoms with Crippen LogP contribution in [0.5, 0.6) is 5.88 Å². The average molecular weight is 250 g/mol. The van der Waals surface area contributed by atoms with Gasteiger partial charge in [0.25, 0.3) is 0 Å². The van der Waals surface area contributed by atoms with Crippen LogP contribution in [0.4, 0.5) is 5.95 Å². The second kappa shape index (κ2) is 5.52. The van der Waals surface area contributed by atoms with Crippen LogP contribution < -0.4 is 15.8 Å². The molecule has 5 nitrogen and oxygen atoms in total. The third-order valence-corrected chi connectivity index (χ3v) is 3.38. The first-order valence-corrected chi connectivity index (χ1v) is 6.62. The van der Waals surface area contributed by atoms with Gasteiger partial charge in [0, 0.05) is 18.8 Å². The van der Waals surface area contributed by atoms with Crippen molar-refractivity contribution in [1.29, 1.82) is 0 Å². The van der Waals surface area contributed by atoms with Gasteiger partial charge in [-0.15, -0.1) is 0 Å². The molecule has 0 bridgehead atoms. The van der Waals surface area contributed by atoms with Gasteiger partial charge in [-0.3, -0.25) is 0 Å². The van der Waals surface area contributed by atoms with E-state index < -0.39 is 0 Å². The summed E-state index contributed by atoms with van der Waals surface area (Å²) in [6, 6.07) is 1.78. The van der Waals surface area contributed by atoms with Gasteiger partial charge in [0.15, 0.2) is 0 Å². The van der Waals surface area contributed by atoms with E-state index in [0.29, 0.717) is 30.9 Å². The molecule has 1 fully saturated rings. The summed E-state index contributed by atoms with van der Waals surface area (Å²) in [5.74, 6) is 1.85. The predicted octanol–water partition coefficient (Wildman–Crippen LogP) is 1.80. The zero-order valence-corrected chi connectivity index (χ0v) is 11.1. The maximum absolute atomic E-state index is 5.86. The van der Waals surface area contributed by atoms with Gasteiger partial charge >= 0.3 is 0 Å². The first kappa shape index (κ1) is 13.1. The van der Waals surface area contributed by atoms with Gasteiger partial charge in [0.2, 0.25) is 11.8 Å². The molecule has 1 aliphatic carbocycles. The fourth-order valence-corrected chi connectivity index (χ4v) is 1.99. The topological polar surface area (TPSA) is 73.1 Å². The number of hydrogen-bond acceptors (Lipinski definition) is 5. The maximum Gasteiger partial charge on any atom is 0.226 e. The van der Waals surface area contributed by atoms with E-state index in [1.54, 1.807) is 12.3 Å². The summed E-state index contributed by atoms with van der Waals surface area (Å²) in [5.41, 5.74) is 5.76. The summed E-state index contributed by atoms with van der Waals surface area (Å²) in [6.07, 6.45) is 5.14. The van der Waals surface area contributed by atoms with Crippen molar-refractivity contribution in [2.75, 3.05) is 18.5 Å². The van der Waals surface area contributed by atoms with E-state index >= 15 is 0 Å². The van der Waals surface area contributed by atoms with Crippen molar-refractivity contribution < 1.29 is 4.74 Å². The molecule has 3 N–H and O–H groups in total. The van der Waals surface area contributed by atoms with E-state index in [-0.39, 0.29) is 5.54 Å². The van der Waals surface area contributed by atoms with E-state index in [9.17, 15) is 0 Å². The second-order valence-electron chi connectivity index (χ2n) is 5.09. The van der Waals surface area contributed by atoms with E-state index in [0.717, 1.165) is 6.42 Å². The van der Waals surface area contributed by atoms with Crippen molar-refractivity contribution >= 4 is 5.95 Å². The van der Waals surface area contributed by atoms with E-state index in [4.69, 9.17) is 10.5 Å². The molecule has 1 atom stereocenters. The molecule has 1 aromatic rings. The minimum absolute atomic E-state index is 0.108. The zero-order valence-electron chi connectivity index (χ0n) is 11.1. The minimum atomic E-state index is -0.108. The van der Waals surface area contributed by atoms with Gasteiger partial charge < -0.3 is 15.8 Å². The average Bonchev–Trinajstić information content (AvgIpc) is 3.21. The molecule has 1 aromatic heterocycles. The van der Waals surface area contributed by atoms with E-state index in [2.05, 4.69) is 29.1 Å². The lowest BCUT2D eigenvalue weighted by Crippen LogP contribution is -2.45. The molecule has 1 aliphatic rings. The summed E-state index contributed by atoms with van der Waals surface area (Å²) in [4.78, 5) is 8.59. The van der Waals surface area contributed by atoms with Gasteiger partial charge in [-0.25, -0.2) is 4.98 Å². The van der Waals surface area contributed by atoms with Crippen LogP contribution in [0.15, 0.2) is 12.3 Å². The van der Waals surface area contributed by atoms with Gasteiger partial charge in [0.05, 0.1) is 12.1 Å². The van der Waals surface area contributed by atoms with Crippen molar-refractivity contribution in [3.05, 3.63) is 12.3 Å². The number of hydrogen-bond donors (Lipinski definition) is 2. The molecule has 0 amide bonds. The Balaban J connectivity index is 2.03. The molecule has 0 radical (unpaired) electrons. The Morgan fingerprint density at radius 2 is 2.33 bits per heavy atom. The van der Waals surface area contributed by atoms with Crippen molar-refractivity contribution in [2.45, 2.75) is 38.6 Å². The molecule has 1 saturated carbocycles. The standard InChI is InChI=1S/C13H22N4O/c1-3-8-18-11-6-7-15-12(16-11)17-13(2,9-14)10-4-5-10/h6-7,10H,3-5,8-9,14H2,1-2H3,(H,15,16,17). The summed E-state index contributed by atoms with van der Waals surface area (Å²) < 4.78 is 5.50. The first-order valence-electron chi connectivity index (χ1n) is 6.62. The van der Waals surface area contributed by atoms with Crippen molar-refractivity contribution in [1.82, 2.24) is 9.97 Å². The lowest BCUT2D eigenvalue weighted by molar-refractivity contribution is 0.304. The molecule has 18 heavy (non-hydrogen) atoms. The molecule has 100 valence electrons. The molecule has 2 rings (SSSR count). The molecule has 0 saturated heterocycles. The smallest absolute Gasteiger partial charge is 0.226 e. The number of aromatic nitrogens is 2. The number of anilines is 1. The number of nitrogens with one attached hydrogen (secondary N) is 1. The fraction of sp³-hybridized carbons (Fsp3) is 0.692. The highest BCUT2D eigenvalue weighted by atomic mass is 16.5. The second-order valence-corrected chi connectivity index (χ2v) is 5.09. The van der Waals surface area contributed by atoms with Crippen LogP contribution in [0.3, 0.4) is 0 Å². The highest BCUT2D eigenvalue weighted by Crippen LogP contribution is 2.40. The molecule has 1 heterocycles. The lowest BCUT2D eigenvalue weighted by atomic mass is 9.96. The predicted molar refractivity (Wildman–Crippen MR) is 71.6 cm³/mol. The van der Waals surface area contributed by atoms with Gasteiger partial charge in [-0.1, -0.05) is 6.92 Å². The molecular weight excluding hydrogens is 228 g/mol. The Bertz CT molecular complexity index is 394. The van der Waals surface area contributed by atoms with Crippen LogP contribution in [-0.4, -0.2) is 28.7 Å². The Morgan fingerprint density at radius 1 is 1.56 bits per heavy atom. The third-order valence-electron chi connectivity index (χ3n) is 3.38. The van der Waals surface area contributed by atoms with Crippen molar-refractivity contribution in [2.24, 2.45) is 11.7 Å². The molecule has 5 heteroatoms. The van der Waals surface area contributed by atoms with Gasteiger partial charge in [0.1, 0.15) is 0 Å². The SMILES string of the molecule is CCCOc1ccnc(NC(C)(CN)C2CC2)n1. The molecule has 0 aliphatic heterocycles. The van der Waals surface area contributed by atoms with Crippen LogP contribution in [0.25, 0.3) is 0 Å². The van der Waals surface area contributed by atoms with Crippen LogP contribution in [-0.2, 0) is 0 Å². The Kier molecular flexibility index (Phi) is 4.01. The number of nitrogens with two attached hydrogens (primary N) is 1. The summed E-state index contributed by atoms with van der Waals surface area (Å²) >= 11 is 0. The molecule has 0 spiro atoms.